The Morgan fingerprint density at radius 2 is 2.11 bits per heavy atom. The van der Waals surface area contributed by atoms with E-state index < -0.39 is 0 Å². The van der Waals surface area contributed by atoms with Crippen molar-refractivity contribution in [1.29, 1.82) is 5.26 Å². The Morgan fingerprint density at radius 3 is 2.53 bits per heavy atom. The van der Waals surface area contributed by atoms with Crippen LogP contribution in [0.25, 0.3) is 0 Å². The van der Waals surface area contributed by atoms with Crippen LogP contribution in [0.5, 0.6) is 0 Å². The Kier molecular flexibility index (Phi) is 5.37. The lowest BCUT2D eigenvalue weighted by molar-refractivity contribution is 0.0944. The minimum Gasteiger partial charge on any atom is -0.396 e. The summed E-state index contributed by atoms with van der Waals surface area (Å²) in [6.45, 7) is 9.48. The predicted octanol–water partition coefficient (Wildman–Crippen LogP) is 3.28. The van der Waals surface area contributed by atoms with E-state index in [1.807, 2.05) is 20.8 Å². The van der Waals surface area contributed by atoms with E-state index in [0.717, 1.165) is 24.5 Å². The van der Waals surface area contributed by atoms with Gasteiger partial charge in [-0.3, -0.25) is 4.79 Å². The quantitative estimate of drug-likeness (QED) is 0.811. The molecule has 5 heteroatoms. The van der Waals surface area contributed by atoms with Crippen molar-refractivity contribution < 1.29 is 4.79 Å². The number of hydrogen-bond acceptors (Lipinski definition) is 5. The van der Waals surface area contributed by atoms with Crippen LogP contribution >= 0.6 is 11.3 Å². The summed E-state index contributed by atoms with van der Waals surface area (Å²) in [5.74, 6) is -0.0978. The molecule has 0 bridgehead atoms. The van der Waals surface area contributed by atoms with Crippen molar-refractivity contribution >= 4 is 27.8 Å². The molecule has 104 valence electrons. The van der Waals surface area contributed by atoms with Gasteiger partial charge >= 0.3 is 0 Å². The molecule has 0 radical (unpaired) electrons. The summed E-state index contributed by atoms with van der Waals surface area (Å²) in [5.41, 5.74) is 6.77. The predicted molar refractivity (Wildman–Crippen MR) is 80.8 cm³/mol. The van der Waals surface area contributed by atoms with E-state index in [1.54, 1.807) is 0 Å². The van der Waals surface area contributed by atoms with Crippen LogP contribution in [-0.2, 0) is 0 Å². The number of nitrogens with two attached hydrogens (primary N) is 1. The topological polar surface area (TPSA) is 70.1 Å². The zero-order chi connectivity index (χ0) is 14.6. The monoisotopic (exact) mass is 279 g/mol. The van der Waals surface area contributed by atoms with Gasteiger partial charge < -0.3 is 10.6 Å². The highest BCUT2D eigenvalue weighted by Crippen LogP contribution is 2.39. The summed E-state index contributed by atoms with van der Waals surface area (Å²) in [4.78, 5) is 14.8. The largest absolute Gasteiger partial charge is 0.396 e. The van der Waals surface area contributed by atoms with Crippen LogP contribution in [0, 0.1) is 17.2 Å². The van der Waals surface area contributed by atoms with Crippen LogP contribution in [0.1, 0.15) is 49.4 Å². The van der Waals surface area contributed by atoms with Gasteiger partial charge in [-0.25, -0.2) is 0 Å². The number of Topliss-reactive ketones (excluding diaryl/α,β-unsaturated/α-hetero) is 1. The van der Waals surface area contributed by atoms with Crippen LogP contribution in [0.15, 0.2) is 0 Å². The lowest BCUT2D eigenvalue weighted by atomic mass is 10.1. The van der Waals surface area contributed by atoms with E-state index in [-0.39, 0.29) is 11.7 Å². The number of hydrogen-bond donors (Lipinski definition) is 1. The van der Waals surface area contributed by atoms with E-state index >= 15 is 0 Å². The molecule has 0 atom stereocenters. The molecule has 0 unspecified atom stereocenters. The van der Waals surface area contributed by atoms with E-state index in [2.05, 4.69) is 17.9 Å². The molecule has 0 aliphatic rings. The first-order valence-electron chi connectivity index (χ1n) is 6.59. The van der Waals surface area contributed by atoms with Crippen molar-refractivity contribution in [3.8, 4) is 6.07 Å². The van der Waals surface area contributed by atoms with E-state index in [0.29, 0.717) is 16.1 Å². The lowest BCUT2D eigenvalue weighted by Crippen LogP contribution is -2.23. The average Bonchev–Trinajstić information content (AvgIpc) is 2.71. The fraction of sp³-hybridized carbons (Fsp3) is 0.571. The fourth-order valence-corrected chi connectivity index (χ4v) is 3.23. The Hall–Kier alpha value is -1.54. The minimum atomic E-state index is -0.110. The van der Waals surface area contributed by atoms with Crippen LogP contribution < -0.4 is 10.6 Å². The Bertz CT molecular complexity index is 500. The molecule has 0 aromatic carbocycles. The molecule has 0 spiro atoms. The third-order valence-electron chi connectivity index (χ3n) is 2.95. The first kappa shape index (κ1) is 15.5. The lowest BCUT2D eigenvalue weighted by Gasteiger charge is -2.20. The van der Waals surface area contributed by atoms with Crippen LogP contribution in [0.4, 0.5) is 10.7 Å². The van der Waals surface area contributed by atoms with Gasteiger partial charge in [0.15, 0.2) is 5.78 Å². The van der Waals surface area contributed by atoms with Gasteiger partial charge in [0.25, 0.3) is 0 Å². The van der Waals surface area contributed by atoms with Gasteiger partial charge in [-0.15, -0.1) is 11.3 Å². The molecule has 0 amide bonds. The summed E-state index contributed by atoms with van der Waals surface area (Å²) in [5, 5.41) is 10.1. The fourth-order valence-electron chi connectivity index (χ4n) is 1.88. The van der Waals surface area contributed by atoms with Crippen LogP contribution in [-0.4, -0.2) is 18.9 Å². The van der Waals surface area contributed by atoms with Gasteiger partial charge in [0.2, 0.25) is 0 Å². The van der Waals surface area contributed by atoms with Crippen molar-refractivity contribution in [1.82, 2.24) is 0 Å². The number of rotatable bonds is 6. The maximum atomic E-state index is 12.1. The number of nitrogens with zero attached hydrogens (tertiary/aromatic N) is 2. The van der Waals surface area contributed by atoms with Gasteiger partial charge in [-0.2, -0.15) is 5.26 Å². The van der Waals surface area contributed by atoms with Crippen molar-refractivity contribution in [3.05, 3.63) is 10.4 Å². The summed E-state index contributed by atoms with van der Waals surface area (Å²) in [6, 6.07) is 2.14. The maximum Gasteiger partial charge on any atom is 0.177 e. The molecule has 1 aromatic heterocycles. The molecular formula is C14H21N3OS. The molecule has 1 heterocycles. The Labute approximate surface area is 118 Å². The molecule has 1 aromatic rings. The molecule has 0 aliphatic heterocycles. The molecule has 4 nitrogen and oxygen atoms in total. The standard InChI is InChI=1S/C14H21N3OS/c1-5-7-17(6-2)14-10(8-15)11(16)13(19-14)12(18)9(3)4/h9H,5-7,16H2,1-4H3. The van der Waals surface area contributed by atoms with Crippen molar-refractivity contribution in [2.24, 2.45) is 5.92 Å². The number of nitriles is 1. The molecule has 0 fully saturated rings. The van der Waals surface area contributed by atoms with Gasteiger partial charge in [0, 0.05) is 19.0 Å². The number of ketones is 1. The molecule has 0 saturated carbocycles. The van der Waals surface area contributed by atoms with Gasteiger partial charge in [-0.1, -0.05) is 20.8 Å². The molecule has 0 saturated heterocycles. The first-order chi connectivity index (χ1) is 8.97. The SMILES string of the molecule is CCCN(CC)c1sc(C(=O)C(C)C)c(N)c1C#N. The second-order valence-corrected chi connectivity index (χ2v) is 5.73. The Morgan fingerprint density at radius 1 is 1.47 bits per heavy atom. The molecular weight excluding hydrogens is 258 g/mol. The summed E-state index contributed by atoms with van der Waals surface area (Å²) < 4.78 is 0. The van der Waals surface area contributed by atoms with Gasteiger partial charge in [-0.05, 0) is 13.3 Å². The van der Waals surface area contributed by atoms with Gasteiger partial charge in [0.1, 0.15) is 16.6 Å². The number of anilines is 2. The minimum absolute atomic E-state index is 0.0119. The second-order valence-electron chi connectivity index (χ2n) is 4.74. The smallest absolute Gasteiger partial charge is 0.177 e. The number of carbonyl (C=O) groups is 1. The molecule has 19 heavy (non-hydrogen) atoms. The summed E-state index contributed by atoms with van der Waals surface area (Å²) in [6.07, 6.45) is 0.990. The third-order valence-corrected chi connectivity index (χ3v) is 4.23. The first-order valence-corrected chi connectivity index (χ1v) is 7.40. The average molecular weight is 279 g/mol. The highest BCUT2D eigenvalue weighted by atomic mass is 32.1. The zero-order valence-corrected chi connectivity index (χ0v) is 12.8. The molecule has 1 rings (SSSR count). The zero-order valence-electron chi connectivity index (χ0n) is 12.0. The highest BCUT2D eigenvalue weighted by Gasteiger charge is 2.24. The number of carbonyl (C=O) groups excluding carboxylic acids is 1. The van der Waals surface area contributed by atoms with Crippen LogP contribution in [0.2, 0.25) is 0 Å². The molecule has 0 aliphatic carbocycles. The van der Waals surface area contributed by atoms with Crippen molar-refractivity contribution in [2.45, 2.75) is 34.1 Å². The number of nitrogen functional groups attached to an aromatic ring is 1. The van der Waals surface area contributed by atoms with E-state index in [1.165, 1.54) is 11.3 Å². The van der Waals surface area contributed by atoms with Crippen LogP contribution in [0.3, 0.4) is 0 Å². The third kappa shape index (κ3) is 3.07. The van der Waals surface area contributed by atoms with Crippen molar-refractivity contribution in [3.63, 3.8) is 0 Å². The van der Waals surface area contributed by atoms with E-state index in [9.17, 15) is 10.1 Å². The Balaban J connectivity index is 3.30. The normalized spacial score (nSPS) is 10.5. The summed E-state index contributed by atoms with van der Waals surface area (Å²) in [7, 11) is 0. The highest BCUT2D eigenvalue weighted by molar-refractivity contribution is 7.19. The maximum absolute atomic E-state index is 12.1. The molecule has 2 N–H and O–H groups in total. The summed E-state index contributed by atoms with van der Waals surface area (Å²) >= 11 is 1.35. The van der Waals surface area contributed by atoms with Gasteiger partial charge in [0.05, 0.1) is 10.6 Å². The van der Waals surface area contributed by atoms with E-state index in [4.69, 9.17) is 5.73 Å². The van der Waals surface area contributed by atoms with Crippen molar-refractivity contribution in [2.75, 3.05) is 23.7 Å². The number of thiophene rings is 1. The second kappa shape index (κ2) is 6.58.